The molecule has 1 heteroatoms. The molecule has 0 spiro atoms. The van der Waals surface area contributed by atoms with Crippen LogP contribution in [-0.4, -0.2) is 8.07 Å². The van der Waals surface area contributed by atoms with Crippen LogP contribution in [0.4, 0.5) is 0 Å². The Hall–Kier alpha value is 0.217. The summed E-state index contributed by atoms with van der Waals surface area (Å²) >= 11 is 0. The minimum Gasteiger partial charge on any atom is -0.0678 e. The molecule has 0 N–H and O–H groups in total. The Morgan fingerprint density at radius 2 is 1.18 bits per heavy atom. The summed E-state index contributed by atoms with van der Waals surface area (Å²) in [5.74, 6) is 0. The Labute approximate surface area is 112 Å². The van der Waals surface area contributed by atoms with Crippen molar-refractivity contribution < 1.29 is 0 Å². The molecule has 0 fully saturated rings. The molecule has 0 nitrogen and oxygen atoms in total. The molecule has 17 heavy (non-hydrogen) atoms. The standard InChI is InChI=1S/C16H36Si/c1-6-10-11-12-13-14-15-16(5)17(7-2,8-3)9-4/h16H,6-15H2,1-5H3. The fourth-order valence-electron chi connectivity index (χ4n) is 3.33. The Kier molecular flexibility index (Phi) is 10.3. The second-order valence-electron chi connectivity index (χ2n) is 5.88. The lowest BCUT2D eigenvalue weighted by Crippen LogP contribution is -2.36. The molecule has 0 aromatic heterocycles. The van der Waals surface area contributed by atoms with Gasteiger partial charge in [-0.3, -0.25) is 0 Å². The minimum absolute atomic E-state index is 0.896. The number of hydrogen-bond donors (Lipinski definition) is 0. The molecular weight excluding hydrogens is 220 g/mol. The van der Waals surface area contributed by atoms with Crippen molar-refractivity contribution in [3.05, 3.63) is 0 Å². The van der Waals surface area contributed by atoms with Crippen LogP contribution in [0.25, 0.3) is 0 Å². The highest BCUT2D eigenvalue weighted by molar-refractivity contribution is 6.80. The van der Waals surface area contributed by atoms with Gasteiger partial charge in [0.15, 0.2) is 0 Å². The van der Waals surface area contributed by atoms with Crippen molar-refractivity contribution in [1.82, 2.24) is 0 Å². The summed E-state index contributed by atoms with van der Waals surface area (Å²) in [6.07, 6.45) is 10.2. The van der Waals surface area contributed by atoms with Gasteiger partial charge in [-0.05, 0) is 5.54 Å². The van der Waals surface area contributed by atoms with E-state index in [1.165, 1.54) is 63.1 Å². The molecular formula is C16H36Si. The first-order valence-electron chi connectivity index (χ1n) is 8.16. The second-order valence-corrected chi connectivity index (χ2v) is 11.7. The summed E-state index contributed by atoms with van der Waals surface area (Å²) in [5.41, 5.74) is 1.05. The van der Waals surface area contributed by atoms with E-state index in [0.717, 1.165) is 5.54 Å². The third-order valence-electron chi connectivity index (χ3n) is 5.15. The van der Waals surface area contributed by atoms with Crippen LogP contribution < -0.4 is 0 Å². The fraction of sp³-hybridized carbons (Fsp3) is 1.00. The van der Waals surface area contributed by atoms with Gasteiger partial charge in [0, 0.05) is 0 Å². The lowest BCUT2D eigenvalue weighted by Gasteiger charge is -2.35. The van der Waals surface area contributed by atoms with Gasteiger partial charge in [-0.2, -0.15) is 0 Å². The summed E-state index contributed by atoms with van der Waals surface area (Å²) in [7, 11) is -0.896. The fourth-order valence-corrected chi connectivity index (χ4v) is 7.74. The molecule has 0 aliphatic heterocycles. The zero-order chi connectivity index (χ0) is 13.1. The molecule has 104 valence electrons. The lowest BCUT2D eigenvalue weighted by atomic mass is 10.1. The number of rotatable bonds is 11. The largest absolute Gasteiger partial charge is 0.0678 e. The highest BCUT2D eigenvalue weighted by Crippen LogP contribution is 2.36. The minimum atomic E-state index is -0.896. The van der Waals surface area contributed by atoms with Gasteiger partial charge in [0.1, 0.15) is 0 Å². The molecule has 0 saturated heterocycles. The van der Waals surface area contributed by atoms with Crippen LogP contribution in [0.3, 0.4) is 0 Å². The summed E-state index contributed by atoms with van der Waals surface area (Å²) in [6.45, 7) is 12.2. The molecule has 0 rings (SSSR count). The van der Waals surface area contributed by atoms with E-state index in [9.17, 15) is 0 Å². The summed E-state index contributed by atoms with van der Waals surface area (Å²) in [6, 6.07) is 4.49. The quantitative estimate of drug-likeness (QED) is 0.287. The van der Waals surface area contributed by atoms with Crippen LogP contribution in [0.15, 0.2) is 0 Å². The Balaban J connectivity index is 3.79. The van der Waals surface area contributed by atoms with Crippen LogP contribution >= 0.6 is 0 Å². The van der Waals surface area contributed by atoms with Crippen molar-refractivity contribution in [2.24, 2.45) is 0 Å². The van der Waals surface area contributed by atoms with Gasteiger partial charge in [-0.25, -0.2) is 0 Å². The molecule has 0 aliphatic rings. The van der Waals surface area contributed by atoms with Crippen molar-refractivity contribution in [3.8, 4) is 0 Å². The summed E-state index contributed by atoms with van der Waals surface area (Å²) < 4.78 is 0. The van der Waals surface area contributed by atoms with Crippen molar-refractivity contribution >= 4 is 8.07 Å². The molecule has 0 aliphatic carbocycles. The van der Waals surface area contributed by atoms with Gasteiger partial charge < -0.3 is 0 Å². The maximum atomic E-state index is 2.55. The monoisotopic (exact) mass is 256 g/mol. The first kappa shape index (κ1) is 17.2. The van der Waals surface area contributed by atoms with E-state index in [0.29, 0.717) is 0 Å². The molecule has 0 aromatic rings. The lowest BCUT2D eigenvalue weighted by molar-refractivity contribution is 0.578. The topological polar surface area (TPSA) is 0 Å². The van der Waals surface area contributed by atoms with Crippen LogP contribution in [0, 0.1) is 0 Å². The van der Waals surface area contributed by atoms with Crippen LogP contribution in [0.1, 0.15) is 79.6 Å². The van der Waals surface area contributed by atoms with E-state index in [1.54, 1.807) is 0 Å². The van der Waals surface area contributed by atoms with E-state index in [1.807, 2.05) is 0 Å². The van der Waals surface area contributed by atoms with E-state index < -0.39 is 8.07 Å². The zero-order valence-corrected chi connectivity index (χ0v) is 14.1. The van der Waals surface area contributed by atoms with E-state index >= 15 is 0 Å². The van der Waals surface area contributed by atoms with Crippen LogP contribution in [-0.2, 0) is 0 Å². The average Bonchev–Trinajstić information content (AvgIpc) is 2.36. The van der Waals surface area contributed by atoms with Gasteiger partial charge in [0.05, 0.1) is 8.07 Å². The average molecular weight is 257 g/mol. The third kappa shape index (κ3) is 6.08. The molecule has 0 radical (unpaired) electrons. The Morgan fingerprint density at radius 3 is 1.65 bits per heavy atom. The van der Waals surface area contributed by atoms with Crippen molar-refractivity contribution in [2.45, 2.75) is 103 Å². The number of unbranched alkanes of at least 4 members (excludes halogenated alkanes) is 5. The molecule has 1 atom stereocenters. The SMILES string of the molecule is CCCCCCCCC(C)[Si](CC)(CC)CC. The molecule has 0 heterocycles. The predicted octanol–water partition coefficient (Wildman–Crippen LogP) is 6.64. The van der Waals surface area contributed by atoms with E-state index in [-0.39, 0.29) is 0 Å². The van der Waals surface area contributed by atoms with E-state index in [2.05, 4.69) is 34.6 Å². The molecule has 0 aromatic carbocycles. The summed E-state index contributed by atoms with van der Waals surface area (Å²) in [4.78, 5) is 0. The summed E-state index contributed by atoms with van der Waals surface area (Å²) in [5, 5.41) is 0. The Bertz CT molecular complexity index is 153. The van der Waals surface area contributed by atoms with Gasteiger partial charge in [0.25, 0.3) is 0 Å². The third-order valence-corrected chi connectivity index (χ3v) is 11.8. The van der Waals surface area contributed by atoms with E-state index in [4.69, 9.17) is 0 Å². The Morgan fingerprint density at radius 1 is 0.706 bits per heavy atom. The second kappa shape index (κ2) is 10.2. The smallest absolute Gasteiger partial charge is 0.0556 e. The first-order chi connectivity index (χ1) is 8.16. The zero-order valence-electron chi connectivity index (χ0n) is 13.1. The molecule has 0 amide bonds. The van der Waals surface area contributed by atoms with Crippen molar-refractivity contribution in [3.63, 3.8) is 0 Å². The normalized spacial score (nSPS) is 13.9. The number of hydrogen-bond acceptors (Lipinski definition) is 0. The van der Waals surface area contributed by atoms with Gasteiger partial charge in [-0.15, -0.1) is 0 Å². The maximum Gasteiger partial charge on any atom is 0.0556 e. The molecule has 0 saturated carbocycles. The first-order valence-corrected chi connectivity index (χ1v) is 10.9. The van der Waals surface area contributed by atoms with Gasteiger partial charge >= 0.3 is 0 Å². The van der Waals surface area contributed by atoms with Crippen molar-refractivity contribution in [2.75, 3.05) is 0 Å². The molecule has 0 bridgehead atoms. The predicted molar refractivity (Wildman–Crippen MR) is 84.6 cm³/mol. The highest BCUT2D eigenvalue weighted by Gasteiger charge is 2.32. The van der Waals surface area contributed by atoms with Gasteiger partial charge in [0.2, 0.25) is 0 Å². The van der Waals surface area contributed by atoms with Gasteiger partial charge in [-0.1, -0.05) is 97.7 Å². The van der Waals surface area contributed by atoms with Crippen molar-refractivity contribution in [1.29, 1.82) is 0 Å². The molecule has 1 unspecified atom stereocenters. The maximum absolute atomic E-state index is 2.55. The highest BCUT2D eigenvalue weighted by atomic mass is 28.3. The van der Waals surface area contributed by atoms with Crippen LogP contribution in [0.2, 0.25) is 23.7 Å². The van der Waals surface area contributed by atoms with Crippen LogP contribution in [0.5, 0.6) is 0 Å².